The molecule has 5 heteroatoms. The van der Waals surface area contributed by atoms with Crippen LogP contribution >= 0.6 is 0 Å². The van der Waals surface area contributed by atoms with Crippen molar-refractivity contribution in [3.8, 4) is 11.6 Å². The largest absolute Gasteiger partial charge is 0.437 e. The quantitative estimate of drug-likeness (QED) is 0.791. The van der Waals surface area contributed by atoms with Crippen LogP contribution in [0.4, 0.5) is 5.95 Å². The molecule has 1 N–H and O–H groups in total. The van der Waals surface area contributed by atoms with E-state index in [4.69, 9.17) is 4.74 Å². The zero-order valence-electron chi connectivity index (χ0n) is 12.0. The van der Waals surface area contributed by atoms with Gasteiger partial charge >= 0.3 is 0 Å². The van der Waals surface area contributed by atoms with Crippen molar-refractivity contribution in [1.29, 1.82) is 0 Å². The molecule has 1 aromatic carbocycles. The van der Waals surface area contributed by atoms with Crippen LogP contribution in [0.3, 0.4) is 0 Å². The first-order valence-electron chi connectivity index (χ1n) is 6.87. The zero-order valence-corrected chi connectivity index (χ0v) is 12.0. The lowest BCUT2D eigenvalue weighted by molar-refractivity contribution is 0.466. The molecular formula is C16H16N4O. The van der Waals surface area contributed by atoms with Gasteiger partial charge < -0.3 is 10.1 Å². The molecular weight excluding hydrogens is 264 g/mol. The third-order valence-corrected chi connectivity index (χ3v) is 2.98. The fraction of sp³-hybridized carbons (Fsp3) is 0.188. The number of anilines is 1. The fourth-order valence-corrected chi connectivity index (χ4v) is 2.10. The maximum atomic E-state index is 5.91. The highest BCUT2D eigenvalue weighted by atomic mass is 16.5. The van der Waals surface area contributed by atoms with Gasteiger partial charge in [0.25, 0.3) is 0 Å². The Labute approximate surface area is 123 Å². The normalized spacial score (nSPS) is 10.6. The summed E-state index contributed by atoms with van der Waals surface area (Å²) in [4.78, 5) is 13.0. The van der Waals surface area contributed by atoms with E-state index in [1.165, 1.54) is 0 Å². The van der Waals surface area contributed by atoms with Gasteiger partial charge in [-0.2, -0.15) is 4.98 Å². The lowest BCUT2D eigenvalue weighted by Gasteiger charge is -2.09. The number of hydrogen-bond donors (Lipinski definition) is 1. The van der Waals surface area contributed by atoms with E-state index in [0.717, 1.165) is 23.1 Å². The minimum atomic E-state index is 0.511. The number of benzene rings is 1. The van der Waals surface area contributed by atoms with Crippen molar-refractivity contribution >= 4 is 16.9 Å². The Bertz CT molecular complexity index is 768. The molecule has 21 heavy (non-hydrogen) atoms. The molecule has 0 radical (unpaired) electrons. The summed E-state index contributed by atoms with van der Waals surface area (Å²) >= 11 is 0. The summed E-state index contributed by atoms with van der Waals surface area (Å²) in [6, 6.07) is 11.6. The van der Waals surface area contributed by atoms with Crippen molar-refractivity contribution < 1.29 is 4.74 Å². The van der Waals surface area contributed by atoms with Crippen LogP contribution in [0, 0.1) is 6.92 Å². The SMILES string of the molecule is CCNc1nc(C)cc(Oc2cccc3cccnc23)n1. The average molecular weight is 280 g/mol. The van der Waals surface area contributed by atoms with Gasteiger partial charge in [-0.15, -0.1) is 0 Å². The molecule has 0 saturated heterocycles. The maximum absolute atomic E-state index is 5.91. The number of hydrogen-bond acceptors (Lipinski definition) is 5. The second-order valence-electron chi connectivity index (χ2n) is 4.63. The van der Waals surface area contributed by atoms with Crippen molar-refractivity contribution in [3.63, 3.8) is 0 Å². The van der Waals surface area contributed by atoms with Crippen LogP contribution in [-0.4, -0.2) is 21.5 Å². The van der Waals surface area contributed by atoms with Crippen LogP contribution in [0.2, 0.25) is 0 Å². The molecule has 0 aliphatic heterocycles. The molecule has 0 unspecified atom stereocenters. The highest BCUT2D eigenvalue weighted by Gasteiger charge is 2.07. The van der Waals surface area contributed by atoms with Gasteiger partial charge in [-0.1, -0.05) is 18.2 Å². The summed E-state index contributed by atoms with van der Waals surface area (Å²) in [6.45, 7) is 4.68. The Morgan fingerprint density at radius 1 is 1.14 bits per heavy atom. The number of rotatable bonds is 4. The van der Waals surface area contributed by atoms with Crippen LogP contribution in [0.5, 0.6) is 11.6 Å². The van der Waals surface area contributed by atoms with E-state index in [9.17, 15) is 0 Å². The minimum absolute atomic E-state index is 0.511. The molecule has 0 bridgehead atoms. The summed E-state index contributed by atoms with van der Waals surface area (Å²) in [5.74, 6) is 1.77. The predicted molar refractivity (Wildman–Crippen MR) is 82.7 cm³/mol. The van der Waals surface area contributed by atoms with Crippen molar-refractivity contribution in [2.75, 3.05) is 11.9 Å². The number of nitrogens with zero attached hydrogens (tertiary/aromatic N) is 3. The van der Waals surface area contributed by atoms with E-state index in [0.29, 0.717) is 17.6 Å². The molecule has 2 aromatic heterocycles. The molecule has 0 saturated carbocycles. The van der Waals surface area contributed by atoms with Crippen molar-refractivity contribution in [2.45, 2.75) is 13.8 Å². The van der Waals surface area contributed by atoms with Gasteiger partial charge in [0.15, 0.2) is 5.75 Å². The van der Waals surface area contributed by atoms with E-state index in [1.807, 2.05) is 50.2 Å². The molecule has 0 aliphatic carbocycles. The monoisotopic (exact) mass is 280 g/mol. The zero-order chi connectivity index (χ0) is 14.7. The number of fused-ring (bicyclic) bond motifs is 1. The van der Waals surface area contributed by atoms with Gasteiger partial charge in [0, 0.05) is 29.9 Å². The Hall–Kier alpha value is -2.69. The summed E-state index contributed by atoms with van der Waals surface area (Å²) in [5.41, 5.74) is 1.67. The van der Waals surface area contributed by atoms with E-state index < -0.39 is 0 Å². The average Bonchev–Trinajstić information content (AvgIpc) is 2.47. The topological polar surface area (TPSA) is 59.9 Å². The number of pyridine rings is 1. The van der Waals surface area contributed by atoms with E-state index >= 15 is 0 Å². The molecule has 0 atom stereocenters. The second kappa shape index (κ2) is 5.75. The molecule has 3 aromatic rings. The van der Waals surface area contributed by atoms with Crippen molar-refractivity contribution in [2.24, 2.45) is 0 Å². The summed E-state index contributed by atoms with van der Waals surface area (Å²) < 4.78 is 5.91. The Balaban J connectivity index is 1.98. The summed E-state index contributed by atoms with van der Waals surface area (Å²) in [6.07, 6.45) is 1.75. The van der Waals surface area contributed by atoms with Crippen LogP contribution in [0.1, 0.15) is 12.6 Å². The number of para-hydroxylation sites is 1. The van der Waals surface area contributed by atoms with Gasteiger partial charge in [-0.25, -0.2) is 4.98 Å². The van der Waals surface area contributed by atoms with E-state index in [1.54, 1.807) is 6.20 Å². The van der Waals surface area contributed by atoms with Gasteiger partial charge in [0.2, 0.25) is 11.8 Å². The standard InChI is InChI=1S/C16H16N4O/c1-3-17-16-19-11(2)10-14(20-16)21-13-8-4-6-12-7-5-9-18-15(12)13/h4-10H,3H2,1-2H3,(H,17,19,20). The number of aromatic nitrogens is 3. The van der Waals surface area contributed by atoms with Crippen LogP contribution in [0.25, 0.3) is 10.9 Å². The van der Waals surface area contributed by atoms with Crippen molar-refractivity contribution in [3.05, 3.63) is 48.3 Å². The molecule has 106 valence electrons. The first-order chi connectivity index (χ1) is 10.3. The summed E-state index contributed by atoms with van der Waals surface area (Å²) in [5, 5.41) is 4.13. The number of ether oxygens (including phenoxy) is 1. The molecule has 0 aliphatic rings. The Kier molecular flexibility index (Phi) is 3.64. The Morgan fingerprint density at radius 2 is 2.00 bits per heavy atom. The van der Waals surface area contributed by atoms with Gasteiger partial charge in [-0.05, 0) is 26.0 Å². The van der Waals surface area contributed by atoms with Crippen LogP contribution in [0.15, 0.2) is 42.6 Å². The predicted octanol–water partition coefficient (Wildman–Crippen LogP) is 3.56. The first-order valence-corrected chi connectivity index (χ1v) is 6.87. The minimum Gasteiger partial charge on any atom is -0.437 e. The highest BCUT2D eigenvalue weighted by molar-refractivity contribution is 5.84. The van der Waals surface area contributed by atoms with E-state index in [2.05, 4.69) is 20.3 Å². The molecule has 0 spiro atoms. The molecule has 5 nitrogen and oxygen atoms in total. The van der Waals surface area contributed by atoms with Crippen LogP contribution < -0.4 is 10.1 Å². The third kappa shape index (κ3) is 2.91. The van der Waals surface area contributed by atoms with E-state index in [-0.39, 0.29) is 0 Å². The third-order valence-electron chi connectivity index (χ3n) is 2.98. The highest BCUT2D eigenvalue weighted by Crippen LogP contribution is 2.27. The lowest BCUT2D eigenvalue weighted by Crippen LogP contribution is -2.04. The molecule has 2 heterocycles. The second-order valence-corrected chi connectivity index (χ2v) is 4.63. The molecule has 3 rings (SSSR count). The number of nitrogens with one attached hydrogen (secondary N) is 1. The lowest BCUT2D eigenvalue weighted by atomic mass is 10.2. The fourth-order valence-electron chi connectivity index (χ4n) is 2.10. The smallest absolute Gasteiger partial charge is 0.226 e. The van der Waals surface area contributed by atoms with Gasteiger partial charge in [0.05, 0.1) is 0 Å². The van der Waals surface area contributed by atoms with Gasteiger partial charge in [-0.3, -0.25) is 4.98 Å². The Morgan fingerprint density at radius 3 is 2.86 bits per heavy atom. The summed E-state index contributed by atoms with van der Waals surface area (Å²) in [7, 11) is 0. The van der Waals surface area contributed by atoms with Crippen molar-refractivity contribution in [1.82, 2.24) is 15.0 Å². The first kappa shape index (κ1) is 13.3. The molecule has 0 fully saturated rings. The van der Waals surface area contributed by atoms with Crippen LogP contribution in [-0.2, 0) is 0 Å². The molecule has 0 amide bonds. The number of aryl methyl sites for hydroxylation is 1. The van der Waals surface area contributed by atoms with Gasteiger partial charge in [0.1, 0.15) is 5.52 Å². The maximum Gasteiger partial charge on any atom is 0.226 e.